The number of carbonyl (C=O) groups is 1. The molecular weight excluding hydrogens is 334 g/mol. The summed E-state index contributed by atoms with van der Waals surface area (Å²) in [6, 6.07) is 1.20. The van der Waals surface area contributed by atoms with Crippen molar-refractivity contribution in [3.63, 3.8) is 0 Å². The van der Waals surface area contributed by atoms with E-state index in [0.29, 0.717) is 13.0 Å². The summed E-state index contributed by atoms with van der Waals surface area (Å²) < 4.78 is 13.4. The minimum atomic E-state index is -1.62. The first-order valence-electron chi connectivity index (χ1n) is 9.33. The lowest BCUT2D eigenvalue weighted by molar-refractivity contribution is -0.143. The van der Waals surface area contributed by atoms with E-state index >= 15 is 0 Å². The molecule has 0 fully saturated rings. The number of nitrogens with zero attached hydrogens (tertiary/aromatic N) is 1. The highest BCUT2D eigenvalue weighted by molar-refractivity contribution is 6.77. The molecule has 0 saturated carbocycles. The van der Waals surface area contributed by atoms with Crippen LogP contribution in [0.15, 0.2) is 0 Å². The SMILES string of the molecule is CCOC(=O)CCN(CCCC[Si](C)(C)OC)[Si](C)(C)C(C)(C)C. The number of hydrogen-bond donors (Lipinski definition) is 0. The molecule has 0 aromatic heterocycles. The van der Waals surface area contributed by atoms with Gasteiger partial charge in [-0.1, -0.05) is 40.3 Å². The molecule has 0 N–H and O–H groups in total. The summed E-state index contributed by atoms with van der Waals surface area (Å²) in [5, 5.41) is 0.280. The van der Waals surface area contributed by atoms with Crippen molar-refractivity contribution in [3.05, 3.63) is 0 Å². The van der Waals surface area contributed by atoms with Gasteiger partial charge in [0.15, 0.2) is 8.32 Å². The Morgan fingerprint density at radius 2 is 1.62 bits per heavy atom. The van der Waals surface area contributed by atoms with Crippen molar-refractivity contribution in [3.8, 4) is 0 Å². The number of hydrogen-bond acceptors (Lipinski definition) is 4. The maximum Gasteiger partial charge on any atom is 0.307 e. The highest BCUT2D eigenvalue weighted by Crippen LogP contribution is 2.38. The van der Waals surface area contributed by atoms with Crippen LogP contribution in [0.1, 0.15) is 47.0 Å². The monoisotopic (exact) mass is 375 g/mol. The van der Waals surface area contributed by atoms with Gasteiger partial charge in [0.2, 0.25) is 0 Å². The minimum Gasteiger partial charge on any atom is -0.466 e. The van der Waals surface area contributed by atoms with Crippen molar-refractivity contribution >= 4 is 22.5 Å². The van der Waals surface area contributed by atoms with Crippen LogP contribution >= 0.6 is 0 Å². The van der Waals surface area contributed by atoms with E-state index < -0.39 is 16.6 Å². The first-order valence-corrected chi connectivity index (χ1v) is 15.4. The second-order valence-electron chi connectivity index (χ2n) is 8.77. The Balaban J connectivity index is 4.73. The summed E-state index contributed by atoms with van der Waals surface area (Å²) >= 11 is 0. The molecule has 0 aliphatic rings. The van der Waals surface area contributed by atoms with E-state index in [2.05, 4.69) is 51.5 Å². The summed E-state index contributed by atoms with van der Waals surface area (Å²) in [5.41, 5.74) is 0. The Hall–Kier alpha value is -0.176. The van der Waals surface area contributed by atoms with Gasteiger partial charge >= 0.3 is 5.97 Å². The van der Waals surface area contributed by atoms with Crippen LogP contribution in [0.4, 0.5) is 0 Å². The Kier molecular flexibility index (Phi) is 10.0. The Morgan fingerprint density at radius 3 is 2.08 bits per heavy atom. The quantitative estimate of drug-likeness (QED) is 0.293. The van der Waals surface area contributed by atoms with E-state index in [1.165, 1.54) is 18.9 Å². The molecule has 0 aliphatic heterocycles. The van der Waals surface area contributed by atoms with Crippen LogP contribution in [0.3, 0.4) is 0 Å². The smallest absolute Gasteiger partial charge is 0.307 e. The van der Waals surface area contributed by atoms with Crippen molar-refractivity contribution in [1.82, 2.24) is 4.57 Å². The zero-order valence-corrected chi connectivity index (χ0v) is 19.6. The van der Waals surface area contributed by atoms with Gasteiger partial charge in [-0.05, 0) is 44.1 Å². The van der Waals surface area contributed by atoms with Crippen molar-refractivity contribution in [2.24, 2.45) is 0 Å². The number of unbranched alkanes of at least 4 members (excludes halogenated alkanes) is 1. The lowest BCUT2D eigenvalue weighted by Gasteiger charge is -2.46. The van der Waals surface area contributed by atoms with Gasteiger partial charge in [-0.2, -0.15) is 0 Å². The van der Waals surface area contributed by atoms with Gasteiger partial charge in [-0.15, -0.1) is 0 Å². The highest BCUT2D eigenvalue weighted by atomic mass is 28.4. The number of rotatable bonds is 11. The number of esters is 1. The summed E-state index contributed by atoms with van der Waals surface area (Å²) in [4.78, 5) is 11.8. The van der Waals surface area contributed by atoms with E-state index in [9.17, 15) is 4.79 Å². The molecule has 144 valence electrons. The average Bonchev–Trinajstić information content (AvgIpc) is 2.45. The van der Waals surface area contributed by atoms with Crippen molar-refractivity contribution in [2.75, 3.05) is 26.8 Å². The van der Waals surface area contributed by atoms with Crippen molar-refractivity contribution in [1.29, 1.82) is 0 Å². The first kappa shape index (κ1) is 23.8. The van der Waals surface area contributed by atoms with Gasteiger partial charge in [-0.3, -0.25) is 4.79 Å². The van der Waals surface area contributed by atoms with E-state index in [4.69, 9.17) is 9.16 Å². The molecule has 0 atom stereocenters. The lowest BCUT2D eigenvalue weighted by atomic mass is 10.2. The largest absolute Gasteiger partial charge is 0.466 e. The van der Waals surface area contributed by atoms with Crippen LogP contribution < -0.4 is 0 Å². The molecule has 0 spiro atoms. The van der Waals surface area contributed by atoms with E-state index in [1.807, 2.05) is 14.0 Å². The zero-order valence-electron chi connectivity index (χ0n) is 17.6. The van der Waals surface area contributed by atoms with Gasteiger partial charge < -0.3 is 13.7 Å². The van der Waals surface area contributed by atoms with Gasteiger partial charge in [0.05, 0.1) is 13.0 Å². The molecule has 0 bridgehead atoms. The number of carbonyl (C=O) groups excluding carboxylic acids is 1. The minimum absolute atomic E-state index is 0.0749. The Labute approximate surface area is 152 Å². The molecule has 0 unspecified atom stereocenters. The van der Waals surface area contributed by atoms with Gasteiger partial charge in [0.1, 0.15) is 8.24 Å². The zero-order chi connectivity index (χ0) is 19.0. The molecule has 0 heterocycles. The number of ether oxygens (including phenoxy) is 1. The van der Waals surface area contributed by atoms with E-state index in [0.717, 1.165) is 13.1 Å². The van der Waals surface area contributed by atoms with Crippen molar-refractivity contribution < 1.29 is 14.0 Å². The fourth-order valence-electron chi connectivity index (χ4n) is 2.56. The summed E-state index contributed by atoms with van der Waals surface area (Å²) in [7, 11) is -1.24. The van der Waals surface area contributed by atoms with Crippen LogP contribution in [-0.2, 0) is 14.0 Å². The summed E-state index contributed by atoms with van der Waals surface area (Å²) in [6.07, 6.45) is 2.88. The van der Waals surface area contributed by atoms with E-state index in [-0.39, 0.29) is 11.0 Å². The first-order chi connectivity index (χ1) is 10.9. The Morgan fingerprint density at radius 1 is 1.04 bits per heavy atom. The molecule has 0 aromatic rings. The molecule has 24 heavy (non-hydrogen) atoms. The third-order valence-electron chi connectivity index (χ3n) is 5.53. The van der Waals surface area contributed by atoms with Crippen LogP contribution in [-0.4, -0.2) is 53.9 Å². The van der Waals surface area contributed by atoms with Crippen LogP contribution in [0.2, 0.25) is 37.3 Å². The highest BCUT2D eigenvalue weighted by Gasteiger charge is 2.40. The average molecular weight is 376 g/mol. The van der Waals surface area contributed by atoms with Gasteiger partial charge in [0.25, 0.3) is 0 Å². The molecule has 0 aliphatic carbocycles. The van der Waals surface area contributed by atoms with E-state index in [1.54, 1.807) is 0 Å². The predicted octanol–water partition coefficient (Wildman–Crippen LogP) is 4.88. The summed E-state index contributed by atoms with van der Waals surface area (Å²) in [6.45, 7) is 20.6. The third kappa shape index (κ3) is 8.27. The fraction of sp³-hybridized carbons (Fsp3) is 0.944. The molecule has 4 nitrogen and oxygen atoms in total. The van der Waals surface area contributed by atoms with Gasteiger partial charge in [-0.25, -0.2) is 0 Å². The molecular formula is C18H41NO3Si2. The van der Waals surface area contributed by atoms with Crippen molar-refractivity contribution in [2.45, 2.75) is 84.2 Å². The van der Waals surface area contributed by atoms with Crippen LogP contribution in [0.5, 0.6) is 0 Å². The predicted molar refractivity (Wildman–Crippen MR) is 109 cm³/mol. The lowest BCUT2D eigenvalue weighted by Crippen LogP contribution is -2.55. The third-order valence-corrected chi connectivity index (χ3v) is 13.9. The van der Waals surface area contributed by atoms with Crippen LogP contribution in [0.25, 0.3) is 0 Å². The topological polar surface area (TPSA) is 38.8 Å². The second-order valence-corrected chi connectivity index (χ2v) is 18.5. The fourth-order valence-corrected chi connectivity index (χ4v) is 6.20. The molecule has 0 rings (SSSR count). The van der Waals surface area contributed by atoms with Crippen LogP contribution in [0, 0.1) is 0 Å². The maximum atomic E-state index is 11.8. The molecule has 0 amide bonds. The summed E-state index contributed by atoms with van der Waals surface area (Å²) in [5.74, 6) is -0.0749. The molecule has 6 heteroatoms. The Bertz CT molecular complexity index is 379. The second kappa shape index (κ2) is 10.1. The molecule has 0 aromatic carbocycles. The normalized spacial score (nSPS) is 13.4. The molecule has 0 radical (unpaired) electrons. The maximum absolute atomic E-state index is 11.8. The van der Waals surface area contributed by atoms with Gasteiger partial charge in [0, 0.05) is 13.7 Å². The standard InChI is InChI=1S/C18H41NO3Si2/c1-10-22-17(20)13-15-19(24(8,9)18(2,3)4)14-11-12-16-23(6,7)21-5/h10-16H2,1-9H3. The molecule has 0 saturated heterocycles.